The molecule has 1 fully saturated rings. The van der Waals surface area contributed by atoms with Crippen molar-refractivity contribution in [3.8, 4) is 0 Å². The van der Waals surface area contributed by atoms with E-state index < -0.39 is 12.0 Å². The summed E-state index contributed by atoms with van der Waals surface area (Å²) in [5.41, 5.74) is 0.863. The molecule has 1 aliphatic heterocycles. The lowest BCUT2D eigenvalue weighted by molar-refractivity contribution is -0.138. The second kappa shape index (κ2) is 5.51. The molecule has 0 saturated carbocycles. The van der Waals surface area contributed by atoms with Crippen LogP contribution in [0, 0.1) is 0 Å². The SMILES string of the molecule is O=C(O)CCN1C(=O)CC(c2ccccc2)NC1=O. The number of benzene rings is 1. The number of carboxylic acids is 1. The topological polar surface area (TPSA) is 86.7 Å². The molecule has 0 aromatic heterocycles. The number of carbonyl (C=O) groups is 3. The van der Waals surface area contributed by atoms with Gasteiger partial charge in [-0.3, -0.25) is 14.5 Å². The quantitative estimate of drug-likeness (QED) is 0.852. The van der Waals surface area contributed by atoms with E-state index in [0.29, 0.717) is 0 Å². The van der Waals surface area contributed by atoms with Crippen molar-refractivity contribution in [1.29, 1.82) is 0 Å². The normalized spacial score (nSPS) is 19.2. The second-order valence-corrected chi connectivity index (χ2v) is 4.31. The molecule has 1 saturated heterocycles. The Morgan fingerprint density at radius 3 is 2.58 bits per heavy atom. The van der Waals surface area contributed by atoms with Crippen LogP contribution in [0.4, 0.5) is 4.79 Å². The summed E-state index contributed by atoms with van der Waals surface area (Å²) in [6.45, 7) is -0.0957. The Morgan fingerprint density at radius 2 is 2.00 bits per heavy atom. The van der Waals surface area contributed by atoms with Gasteiger partial charge < -0.3 is 10.4 Å². The molecule has 1 aromatic rings. The van der Waals surface area contributed by atoms with E-state index in [1.807, 2.05) is 30.3 Å². The number of nitrogens with one attached hydrogen (secondary N) is 1. The number of amides is 3. The van der Waals surface area contributed by atoms with Gasteiger partial charge in [0.1, 0.15) is 0 Å². The number of nitrogens with zero attached hydrogens (tertiary/aromatic N) is 1. The van der Waals surface area contributed by atoms with Crippen molar-refractivity contribution in [2.75, 3.05) is 6.54 Å². The van der Waals surface area contributed by atoms with Crippen LogP contribution in [-0.4, -0.2) is 34.5 Å². The van der Waals surface area contributed by atoms with Crippen LogP contribution < -0.4 is 5.32 Å². The molecule has 6 heteroatoms. The minimum absolute atomic E-state index is 0.0957. The predicted molar refractivity (Wildman–Crippen MR) is 66.3 cm³/mol. The van der Waals surface area contributed by atoms with E-state index in [9.17, 15) is 14.4 Å². The summed E-state index contributed by atoms with van der Waals surface area (Å²) in [4.78, 5) is 35.1. The fourth-order valence-electron chi connectivity index (χ4n) is 2.00. The maximum atomic E-state index is 11.9. The molecule has 0 aliphatic carbocycles. The molecule has 6 nitrogen and oxygen atoms in total. The van der Waals surface area contributed by atoms with E-state index in [1.165, 1.54) is 0 Å². The van der Waals surface area contributed by atoms with E-state index >= 15 is 0 Å². The Bertz CT molecular complexity index is 483. The largest absolute Gasteiger partial charge is 0.481 e. The number of rotatable bonds is 4. The van der Waals surface area contributed by atoms with Gasteiger partial charge in [-0.05, 0) is 5.56 Å². The highest BCUT2D eigenvalue weighted by atomic mass is 16.4. The van der Waals surface area contributed by atoms with Crippen molar-refractivity contribution >= 4 is 17.9 Å². The lowest BCUT2D eigenvalue weighted by atomic mass is 10.0. The monoisotopic (exact) mass is 262 g/mol. The smallest absolute Gasteiger partial charge is 0.324 e. The number of imide groups is 1. The van der Waals surface area contributed by atoms with Gasteiger partial charge in [0.05, 0.1) is 18.9 Å². The first-order valence-corrected chi connectivity index (χ1v) is 5.95. The average Bonchev–Trinajstić information content (AvgIpc) is 2.38. The standard InChI is InChI=1S/C13H14N2O4/c16-11-8-10(9-4-2-1-3-5-9)14-13(19)15(11)7-6-12(17)18/h1-5,10H,6-8H2,(H,14,19)(H,17,18). The summed E-state index contributed by atoms with van der Waals surface area (Å²) < 4.78 is 0. The highest BCUT2D eigenvalue weighted by Crippen LogP contribution is 2.22. The molecular weight excluding hydrogens is 248 g/mol. The van der Waals surface area contributed by atoms with Crippen molar-refractivity contribution in [1.82, 2.24) is 10.2 Å². The van der Waals surface area contributed by atoms with Crippen molar-refractivity contribution in [2.24, 2.45) is 0 Å². The van der Waals surface area contributed by atoms with Gasteiger partial charge >= 0.3 is 12.0 Å². The number of carboxylic acid groups (broad SMARTS) is 1. The maximum absolute atomic E-state index is 11.9. The van der Waals surface area contributed by atoms with Crippen molar-refractivity contribution in [2.45, 2.75) is 18.9 Å². The Kier molecular flexibility index (Phi) is 3.79. The number of aliphatic carboxylic acids is 1. The molecule has 0 bridgehead atoms. The molecule has 1 atom stereocenters. The van der Waals surface area contributed by atoms with Crippen LogP contribution in [-0.2, 0) is 9.59 Å². The van der Waals surface area contributed by atoms with Gasteiger partial charge in [0.2, 0.25) is 5.91 Å². The van der Waals surface area contributed by atoms with Crippen molar-refractivity contribution < 1.29 is 19.5 Å². The predicted octanol–water partition coefficient (Wildman–Crippen LogP) is 1.14. The molecule has 19 heavy (non-hydrogen) atoms. The number of urea groups is 1. The first kappa shape index (κ1) is 13.1. The summed E-state index contributed by atoms with van der Waals surface area (Å²) >= 11 is 0. The minimum Gasteiger partial charge on any atom is -0.481 e. The van der Waals surface area contributed by atoms with E-state index in [1.54, 1.807) is 0 Å². The van der Waals surface area contributed by atoms with Gasteiger partial charge in [-0.1, -0.05) is 30.3 Å². The van der Waals surface area contributed by atoms with Crippen LogP contribution in [0.15, 0.2) is 30.3 Å². The Morgan fingerprint density at radius 1 is 1.32 bits per heavy atom. The Labute approximate surface area is 110 Å². The average molecular weight is 262 g/mol. The highest BCUT2D eigenvalue weighted by Gasteiger charge is 2.32. The van der Waals surface area contributed by atoms with Crippen LogP contribution >= 0.6 is 0 Å². The molecule has 1 heterocycles. The first-order chi connectivity index (χ1) is 9.08. The molecule has 2 rings (SSSR count). The van der Waals surface area contributed by atoms with Crippen LogP contribution in [0.1, 0.15) is 24.4 Å². The number of hydrogen-bond donors (Lipinski definition) is 2. The third-order valence-corrected chi connectivity index (χ3v) is 2.97. The second-order valence-electron chi connectivity index (χ2n) is 4.31. The maximum Gasteiger partial charge on any atom is 0.324 e. The van der Waals surface area contributed by atoms with Crippen LogP contribution in [0.3, 0.4) is 0 Å². The molecule has 2 N–H and O–H groups in total. The molecule has 1 unspecified atom stereocenters. The van der Waals surface area contributed by atoms with Crippen LogP contribution in [0.25, 0.3) is 0 Å². The van der Waals surface area contributed by atoms with E-state index in [4.69, 9.17) is 5.11 Å². The zero-order chi connectivity index (χ0) is 13.8. The molecule has 100 valence electrons. The molecule has 3 amide bonds. The van der Waals surface area contributed by atoms with Gasteiger partial charge in [0.25, 0.3) is 0 Å². The number of carbonyl (C=O) groups excluding carboxylic acids is 2. The molecule has 0 spiro atoms. The minimum atomic E-state index is -1.04. The van der Waals surface area contributed by atoms with Crippen LogP contribution in [0.5, 0.6) is 0 Å². The van der Waals surface area contributed by atoms with Gasteiger partial charge in [-0.15, -0.1) is 0 Å². The molecule has 1 aliphatic rings. The summed E-state index contributed by atoms with van der Waals surface area (Å²) in [6.07, 6.45) is -0.0927. The van der Waals surface area contributed by atoms with E-state index in [0.717, 1.165) is 10.5 Å². The first-order valence-electron chi connectivity index (χ1n) is 5.95. The third-order valence-electron chi connectivity index (χ3n) is 2.97. The molecule has 0 radical (unpaired) electrons. The third kappa shape index (κ3) is 3.09. The van der Waals surface area contributed by atoms with Gasteiger partial charge in [-0.2, -0.15) is 0 Å². The Hall–Kier alpha value is -2.37. The summed E-state index contributed by atoms with van der Waals surface area (Å²) in [7, 11) is 0. The highest BCUT2D eigenvalue weighted by molar-refractivity contribution is 5.97. The van der Waals surface area contributed by atoms with Crippen LogP contribution in [0.2, 0.25) is 0 Å². The van der Waals surface area contributed by atoms with E-state index in [2.05, 4.69) is 5.32 Å². The van der Waals surface area contributed by atoms with Gasteiger partial charge in [-0.25, -0.2) is 4.79 Å². The lowest BCUT2D eigenvalue weighted by Gasteiger charge is -2.31. The lowest BCUT2D eigenvalue weighted by Crippen LogP contribution is -2.51. The van der Waals surface area contributed by atoms with Gasteiger partial charge in [0.15, 0.2) is 0 Å². The zero-order valence-electron chi connectivity index (χ0n) is 10.2. The molecule has 1 aromatic carbocycles. The number of hydrogen-bond acceptors (Lipinski definition) is 3. The summed E-state index contributed by atoms with van der Waals surface area (Å²) in [5, 5.41) is 11.3. The van der Waals surface area contributed by atoms with Crippen molar-refractivity contribution in [3.63, 3.8) is 0 Å². The Balaban J connectivity index is 2.04. The van der Waals surface area contributed by atoms with Gasteiger partial charge in [0, 0.05) is 6.54 Å². The fourth-order valence-corrected chi connectivity index (χ4v) is 2.00. The van der Waals surface area contributed by atoms with E-state index in [-0.39, 0.29) is 31.3 Å². The fraction of sp³-hybridized carbons (Fsp3) is 0.308. The summed E-state index contributed by atoms with van der Waals surface area (Å²) in [5.74, 6) is -1.38. The zero-order valence-corrected chi connectivity index (χ0v) is 10.2. The van der Waals surface area contributed by atoms with Crippen molar-refractivity contribution in [3.05, 3.63) is 35.9 Å². The summed E-state index contributed by atoms with van der Waals surface area (Å²) in [6, 6.07) is 8.32. The molecular formula is C13H14N2O4.